The second-order valence-electron chi connectivity index (χ2n) is 16.3. The molecule has 2 aromatic carbocycles. The summed E-state index contributed by atoms with van der Waals surface area (Å²) >= 11 is 0. The maximum Gasteiger partial charge on any atom is 0.252 e. The molecule has 1 aliphatic heterocycles. The minimum atomic E-state index is -0.447. The first-order chi connectivity index (χ1) is 24.1. The third-order valence-electron chi connectivity index (χ3n) is 13.8. The highest BCUT2D eigenvalue weighted by atomic mass is 19.1. The molecule has 2 amide bonds. The van der Waals surface area contributed by atoms with Crippen LogP contribution in [-0.2, 0) is 32.0 Å². The van der Waals surface area contributed by atoms with E-state index in [-0.39, 0.29) is 29.9 Å². The number of amides is 2. The topological polar surface area (TPSA) is 110 Å². The maximum absolute atomic E-state index is 14.3. The van der Waals surface area contributed by atoms with Gasteiger partial charge in [0.25, 0.3) is 5.91 Å². The Balaban J connectivity index is 0.793. The maximum atomic E-state index is 14.3. The number of hydrogen-bond donors (Lipinski definition) is 3. The molecule has 7 atom stereocenters. The third kappa shape index (κ3) is 5.88. The number of H-pyrrole nitrogens is 1. The van der Waals surface area contributed by atoms with Crippen LogP contribution >= 0.6 is 0 Å². The quantitative estimate of drug-likeness (QED) is 0.213. The van der Waals surface area contributed by atoms with Gasteiger partial charge in [0.05, 0.1) is 24.9 Å². The van der Waals surface area contributed by atoms with E-state index in [1.54, 1.807) is 0 Å². The van der Waals surface area contributed by atoms with Crippen molar-refractivity contribution in [3.63, 3.8) is 0 Å². The summed E-state index contributed by atoms with van der Waals surface area (Å²) < 4.78 is 26.5. The zero-order valence-electron chi connectivity index (χ0n) is 29.4. The van der Waals surface area contributed by atoms with Gasteiger partial charge in [-0.2, -0.15) is 0 Å². The van der Waals surface area contributed by atoms with E-state index in [0.717, 1.165) is 65.3 Å². The van der Waals surface area contributed by atoms with Crippen molar-refractivity contribution < 1.29 is 28.2 Å². The summed E-state index contributed by atoms with van der Waals surface area (Å²) in [6.45, 7) is 6.70. The van der Waals surface area contributed by atoms with Gasteiger partial charge in [-0.05, 0) is 115 Å². The molecule has 8 nitrogen and oxygen atoms in total. The minimum absolute atomic E-state index is 0.0118. The first kappa shape index (κ1) is 33.6. The summed E-state index contributed by atoms with van der Waals surface area (Å²) in [5.74, 6) is 2.38. The van der Waals surface area contributed by atoms with Crippen molar-refractivity contribution in [2.45, 2.75) is 90.7 Å². The summed E-state index contributed by atoms with van der Waals surface area (Å²) in [4.78, 5) is 40.7. The van der Waals surface area contributed by atoms with Gasteiger partial charge in [-0.3, -0.25) is 14.4 Å². The molecule has 3 N–H and O–H groups in total. The van der Waals surface area contributed by atoms with Crippen LogP contribution in [0, 0.1) is 40.3 Å². The molecule has 266 valence electrons. The van der Waals surface area contributed by atoms with Crippen LogP contribution in [0.25, 0.3) is 22.2 Å². The predicted molar refractivity (Wildman–Crippen MR) is 189 cm³/mol. The van der Waals surface area contributed by atoms with Crippen LogP contribution in [0.5, 0.6) is 0 Å². The molecule has 1 aromatic heterocycles. The van der Waals surface area contributed by atoms with E-state index < -0.39 is 5.82 Å². The number of nitrogens with one attached hydrogen (secondary N) is 3. The fraction of sp³-hybridized carbons (Fsp3) is 0.585. The molecule has 4 fully saturated rings. The normalized spacial score (nSPS) is 31.8. The van der Waals surface area contributed by atoms with Crippen molar-refractivity contribution in [3.8, 4) is 11.3 Å². The molecule has 0 unspecified atom stereocenters. The minimum Gasteiger partial charge on any atom is -0.375 e. The van der Waals surface area contributed by atoms with E-state index in [9.17, 15) is 18.8 Å². The van der Waals surface area contributed by atoms with Crippen LogP contribution < -0.4 is 10.6 Å². The lowest BCUT2D eigenvalue weighted by atomic mass is 9.45. The van der Waals surface area contributed by atoms with Gasteiger partial charge in [-0.15, -0.1) is 0 Å². The molecular formula is C41H50FN3O5. The highest BCUT2D eigenvalue weighted by molar-refractivity contribution is 6.10. The van der Waals surface area contributed by atoms with Gasteiger partial charge in [-0.1, -0.05) is 38.1 Å². The van der Waals surface area contributed by atoms with Crippen LogP contribution in [-0.4, -0.2) is 55.1 Å². The van der Waals surface area contributed by atoms with E-state index >= 15 is 0 Å². The number of carbonyl (C=O) groups excluding carboxylic acids is 3. The van der Waals surface area contributed by atoms with Crippen molar-refractivity contribution in [1.29, 1.82) is 0 Å². The number of carbonyl (C=O) groups is 3. The molecule has 4 aliphatic carbocycles. The van der Waals surface area contributed by atoms with Crippen LogP contribution in [0.15, 0.2) is 36.4 Å². The SMILES string of the molecule is C[C@]12CCC(=O)C[C@@H]1CC[C@@H]1[C@@H]2CC[C@]2(C)[C@@H](OCCOCC(=O)NCc3ccc(-c4[nH]c5cc(F)cc6c5c4CCNC6=O)cc3)CC[C@@H]12. The van der Waals surface area contributed by atoms with E-state index in [4.69, 9.17) is 9.47 Å². The van der Waals surface area contributed by atoms with Gasteiger partial charge >= 0.3 is 0 Å². The number of rotatable bonds is 9. The Bertz CT molecular complexity index is 1800. The van der Waals surface area contributed by atoms with Crippen molar-refractivity contribution in [2.24, 2.45) is 34.5 Å². The summed E-state index contributed by atoms with van der Waals surface area (Å²) in [6, 6.07) is 10.6. The van der Waals surface area contributed by atoms with Crippen LogP contribution in [0.2, 0.25) is 0 Å². The van der Waals surface area contributed by atoms with E-state index in [0.29, 0.717) is 66.8 Å². The van der Waals surface area contributed by atoms with Gasteiger partial charge in [0.2, 0.25) is 5.91 Å². The molecule has 5 aliphatic rings. The summed E-state index contributed by atoms with van der Waals surface area (Å²) in [6.07, 6.45) is 10.8. The fourth-order valence-electron chi connectivity index (χ4n) is 11.2. The smallest absolute Gasteiger partial charge is 0.252 e. The molecule has 4 saturated carbocycles. The van der Waals surface area contributed by atoms with Gasteiger partial charge in [0.15, 0.2) is 0 Å². The number of fused-ring (bicyclic) bond motifs is 5. The van der Waals surface area contributed by atoms with Crippen LogP contribution in [0.1, 0.15) is 93.1 Å². The first-order valence-corrected chi connectivity index (χ1v) is 18.8. The van der Waals surface area contributed by atoms with Gasteiger partial charge < -0.3 is 25.1 Å². The Kier molecular flexibility index (Phi) is 8.87. The summed E-state index contributed by atoms with van der Waals surface area (Å²) in [7, 11) is 0. The number of ether oxygens (including phenoxy) is 2. The number of aromatic amines is 1. The van der Waals surface area contributed by atoms with Gasteiger partial charge in [-0.25, -0.2) is 4.39 Å². The molecule has 0 spiro atoms. The Morgan fingerprint density at radius 1 is 0.960 bits per heavy atom. The van der Waals surface area contributed by atoms with Crippen LogP contribution in [0.3, 0.4) is 0 Å². The Labute approximate surface area is 293 Å². The van der Waals surface area contributed by atoms with E-state index in [2.05, 4.69) is 29.5 Å². The predicted octanol–water partition coefficient (Wildman–Crippen LogP) is 6.89. The largest absolute Gasteiger partial charge is 0.375 e. The van der Waals surface area contributed by atoms with Crippen LogP contribution in [0.4, 0.5) is 4.39 Å². The average molecular weight is 684 g/mol. The Morgan fingerprint density at radius 3 is 2.62 bits per heavy atom. The summed E-state index contributed by atoms with van der Waals surface area (Å²) in [5, 5.41) is 6.58. The average Bonchev–Trinajstić information content (AvgIpc) is 3.58. The molecule has 8 rings (SSSR count). The number of ketones is 1. The number of Topliss-reactive ketones (excluding diaryl/α,β-unsaturated/α-hetero) is 1. The van der Waals surface area contributed by atoms with Gasteiger partial charge in [0, 0.05) is 42.5 Å². The first-order valence-electron chi connectivity index (χ1n) is 18.8. The van der Waals surface area contributed by atoms with Crippen molar-refractivity contribution in [2.75, 3.05) is 26.4 Å². The second-order valence-corrected chi connectivity index (χ2v) is 16.3. The second kappa shape index (κ2) is 13.2. The lowest BCUT2D eigenvalue weighted by Crippen LogP contribution is -2.54. The molecule has 0 bridgehead atoms. The zero-order valence-corrected chi connectivity index (χ0v) is 29.4. The number of hydrogen-bond acceptors (Lipinski definition) is 5. The highest BCUT2D eigenvalue weighted by Gasteiger charge is 2.60. The van der Waals surface area contributed by atoms with Crippen molar-refractivity contribution in [3.05, 3.63) is 58.9 Å². The molecule has 0 saturated heterocycles. The summed E-state index contributed by atoms with van der Waals surface area (Å²) in [5.41, 5.74) is 5.27. The zero-order chi connectivity index (χ0) is 34.6. The Hall–Kier alpha value is -3.56. The van der Waals surface area contributed by atoms with Gasteiger partial charge in [0.1, 0.15) is 18.2 Å². The Morgan fingerprint density at radius 2 is 1.78 bits per heavy atom. The highest BCUT2D eigenvalue weighted by Crippen LogP contribution is 2.66. The molecule has 9 heteroatoms. The van der Waals surface area contributed by atoms with E-state index in [1.807, 2.05) is 24.3 Å². The van der Waals surface area contributed by atoms with E-state index in [1.165, 1.54) is 44.2 Å². The van der Waals surface area contributed by atoms with Crippen molar-refractivity contribution in [1.82, 2.24) is 15.6 Å². The monoisotopic (exact) mass is 683 g/mol. The van der Waals surface area contributed by atoms with Crippen molar-refractivity contribution >= 4 is 28.5 Å². The molecular weight excluding hydrogens is 633 g/mol. The molecule has 50 heavy (non-hydrogen) atoms. The lowest BCUT2D eigenvalue weighted by molar-refractivity contribution is -0.146. The third-order valence-corrected chi connectivity index (χ3v) is 13.8. The molecule has 2 heterocycles. The number of benzene rings is 2. The number of halogens is 1. The fourth-order valence-corrected chi connectivity index (χ4v) is 11.2. The number of aromatic nitrogens is 1. The molecule has 0 radical (unpaired) electrons. The standard InChI is InChI=1S/C41H50FN3O5/c1-40-14-11-28(46)19-26(40)7-8-29-32-9-10-35(41(32,2)15-12-33(29)40)50-18-17-49-23-36(47)44-22-24-3-5-25(6-4-24)38-30-13-16-43-39(48)31-20-27(42)21-34(45-38)37(30)31/h3-6,20-21,26,29,32-33,35,45H,7-19,22-23H2,1-2H3,(H,43,48)(H,44,47)/t26-,29-,32-,33-,35-,40-,41-/m0/s1. The molecule has 3 aromatic rings. The lowest BCUT2D eigenvalue weighted by Gasteiger charge is -2.60.